The summed E-state index contributed by atoms with van der Waals surface area (Å²) in [6.07, 6.45) is 1.28. The Kier molecular flexibility index (Phi) is 2.67. The van der Waals surface area contributed by atoms with Crippen LogP contribution in [0.3, 0.4) is 0 Å². The standard InChI is InChI=1S/C9H17N3S/c1-7-5-8(6-13-7)11-9-10-3-4-12(9)2/h7-8H,3-6H2,1-2H3,(H,10,11). The Morgan fingerprint density at radius 3 is 3.00 bits per heavy atom. The summed E-state index contributed by atoms with van der Waals surface area (Å²) in [4.78, 5) is 6.63. The van der Waals surface area contributed by atoms with E-state index in [1.807, 2.05) is 0 Å². The zero-order valence-corrected chi connectivity index (χ0v) is 9.10. The van der Waals surface area contributed by atoms with Crippen molar-refractivity contribution in [1.29, 1.82) is 0 Å². The maximum Gasteiger partial charge on any atom is 0.194 e. The summed E-state index contributed by atoms with van der Waals surface area (Å²) < 4.78 is 0. The molecule has 0 aromatic carbocycles. The second kappa shape index (κ2) is 3.78. The summed E-state index contributed by atoms with van der Waals surface area (Å²) in [6, 6.07) is 0.638. The van der Waals surface area contributed by atoms with E-state index in [4.69, 9.17) is 0 Å². The van der Waals surface area contributed by atoms with Gasteiger partial charge < -0.3 is 10.2 Å². The number of aliphatic imine (C=N–C) groups is 1. The summed E-state index contributed by atoms with van der Waals surface area (Å²) in [7, 11) is 2.10. The third-order valence-corrected chi connectivity index (χ3v) is 3.95. The zero-order chi connectivity index (χ0) is 9.26. The van der Waals surface area contributed by atoms with Crippen molar-refractivity contribution in [3.63, 3.8) is 0 Å². The van der Waals surface area contributed by atoms with E-state index in [1.165, 1.54) is 12.2 Å². The van der Waals surface area contributed by atoms with Crippen molar-refractivity contribution in [3.8, 4) is 0 Å². The molecule has 4 heteroatoms. The summed E-state index contributed by atoms with van der Waals surface area (Å²) in [6.45, 7) is 4.32. The topological polar surface area (TPSA) is 27.6 Å². The van der Waals surface area contributed by atoms with E-state index in [-0.39, 0.29) is 0 Å². The molecule has 74 valence electrons. The van der Waals surface area contributed by atoms with E-state index in [2.05, 4.69) is 40.9 Å². The van der Waals surface area contributed by atoms with Crippen molar-refractivity contribution in [2.24, 2.45) is 4.99 Å². The van der Waals surface area contributed by atoms with Gasteiger partial charge in [-0.3, -0.25) is 4.99 Å². The molecule has 3 nitrogen and oxygen atoms in total. The minimum atomic E-state index is 0.638. The molecule has 2 aliphatic rings. The minimum absolute atomic E-state index is 0.638. The second-order valence-corrected chi connectivity index (χ2v) is 5.32. The molecule has 1 saturated heterocycles. The average molecular weight is 199 g/mol. The van der Waals surface area contributed by atoms with Crippen molar-refractivity contribution in [2.75, 3.05) is 25.9 Å². The van der Waals surface area contributed by atoms with Crippen LogP contribution >= 0.6 is 11.8 Å². The lowest BCUT2D eigenvalue weighted by atomic mass is 10.2. The molecule has 0 saturated carbocycles. The van der Waals surface area contributed by atoms with Crippen molar-refractivity contribution in [1.82, 2.24) is 10.2 Å². The molecule has 0 aromatic rings. The Balaban J connectivity index is 1.84. The summed E-state index contributed by atoms with van der Waals surface area (Å²) in [5.41, 5.74) is 0. The highest BCUT2D eigenvalue weighted by Crippen LogP contribution is 2.26. The Bertz CT molecular complexity index is 217. The maximum absolute atomic E-state index is 4.43. The van der Waals surface area contributed by atoms with Crippen LogP contribution in [0, 0.1) is 0 Å². The van der Waals surface area contributed by atoms with E-state index in [1.54, 1.807) is 0 Å². The molecule has 2 aliphatic heterocycles. The smallest absolute Gasteiger partial charge is 0.194 e. The van der Waals surface area contributed by atoms with Gasteiger partial charge in [0.15, 0.2) is 5.96 Å². The van der Waals surface area contributed by atoms with Gasteiger partial charge in [-0.2, -0.15) is 11.8 Å². The van der Waals surface area contributed by atoms with Crippen LogP contribution in [0.1, 0.15) is 13.3 Å². The van der Waals surface area contributed by atoms with Gasteiger partial charge in [-0.25, -0.2) is 0 Å². The molecule has 13 heavy (non-hydrogen) atoms. The first-order chi connectivity index (χ1) is 6.25. The van der Waals surface area contributed by atoms with E-state index in [0.29, 0.717) is 6.04 Å². The van der Waals surface area contributed by atoms with E-state index < -0.39 is 0 Å². The van der Waals surface area contributed by atoms with Crippen molar-refractivity contribution < 1.29 is 0 Å². The highest BCUT2D eigenvalue weighted by molar-refractivity contribution is 8.00. The van der Waals surface area contributed by atoms with Gasteiger partial charge in [0.25, 0.3) is 0 Å². The molecule has 1 fully saturated rings. The quantitative estimate of drug-likeness (QED) is 0.676. The van der Waals surface area contributed by atoms with Crippen LogP contribution in [0.15, 0.2) is 4.99 Å². The Morgan fingerprint density at radius 1 is 1.62 bits per heavy atom. The third-order valence-electron chi connectivity index (χ3n) is 2.59. The molecule has 0 aromatic heterocycles. The monoisotopic (exact) mass is 199 g/mol. The van der Waals surface area contributed by atoms with E-state index >= 15 is 0 Å². The average Bonchev–Trinajstić information content (AvgIpc) is 2.64. The number of guanidine groups is 1. The lowest BCUT2D eigenvalue weighted by Crippen LogP contribution is -2.42. The van der Waals surface area contributed by atoms with Crippen molar-refractivity contribution in [2.45, 2.75) is 24.6 Å². The molecule has 0 aliphatic carbocycles. The first-order valence-corrected chi connectivity index (χ1v) is 5.94. The fourth-order valence-corrected chi connectivity index (χ4v) is 2.94. The molecular formula is C9H17N3S. The van der Waals surface area contributed by atoms with Gasteiger partial charge in [0.05, 0.1) is 6.54 Å². The van der Waals surface area contributed by atoms with Gasteiger partial charge >= 0.3 is 0 Å². The highest BCUT2D eigenvalue weighted by Gasteiger charge is 2.24. The fraction of sp³-hybridized carbons (Fsp3) is 0.889. The van der Waals surface area contributed by atoms with Crippen LogP contribution in [0.25, 0.3) is 0 Å². The molecule has 0 bridgehead atoms. The molecular weight excluding hydrogens is 182 g/mol. The lowest BCUT2D eigenvalue weighted by Gasteiger charge is -2.19. The Hall–Kier alpha value is -0.380. The Labute approximate surface area is 84.0 Å². The third kappa shape index (κ3) is 2.10. The first kappa shape index (κ1) is 9.19. The van der Waals surface area contributed by atoms with Gasteiger partial charge in [-0.05, 0) is 6.42 Å². The number of thioether (sulfide) groups is 1. The van der Waals surface area contributed by atoms with E-state index in [9.17, 15) is 0 Å². The molecule has 0 amide bonds. The van der Waals surface area contributed by atoms with E-state index in [0.717, 1.165) is 24.3 Å². The maximum atomic E-state index is 4.43. The summed E-state index contributed by atoms with van der Waals surface area (Å²) in [5.74, 6) is 2.33. The molecule has 0 spiro atoms. The predicted octanol–water partition coefficient (Wildman–Crippen LogP) is 0.771. The van der Waals surface area contributed by atoms with Gasteiger partial charge in [-0.1, -0.05) is 6.92 Å². The number of hydrogen-bond acceptors (Lipinski definition) is 4. The van der Waals surface area contributed by atoms with Crippen LogP contribution in [0.2, 0.25) is 0 Å². The van der Waals surface area contributed by atoms with Gasteiger partial charge in [0.2, 0.25) is 0 Å². The molecule has 2 unspecified atom stereocenters. The number of likely N-dealkylation sites (N-methyl/N-ethyl adjacent to an activating group) is 1. The minimum Gasteiger partial charge on any atom is -0.353 e. The fourth-order valence-electron chi connectivity index (χ4n) is 1.79. The molecule has 1 N–H and O–H groups in total. The predicted molar refractivity (Wildman–Crippen MR) is 58.4 cm³/mol. The van der Waals surface area contributed by atoms with Crippen LogP contribution in [0.4, 0.5) is 0 Å². The van der Waals surface area contributed by atoms with Gasteiger partial charge in [0, 0.05) is 30.6 Å². The SMILES string of the molecule is CC1CC(NC2=NCCN2C)CS1. The number of nitrogens with zero attached hydrogens (tertiary/aromatic N) is 2. The number of nitrogens with one attached hydrogen (secondary N) is 1. The summed E-state index contributed by atoms with van der Waals surface area (Å²) in [5, 5.41) is 4.32. The normalized spacial score (nSPS) is 33.7. The highest BCUT2D eigenvalue weighted by atomic mass is 32.2. The molecule has 2 atom stereocenters. The molecule has 2 rings (SSSR count). The molecule has 0 radical (unpaired) electrons. The van der Waals surface area contributed by atoms with Crippen molar-refractivity contribution >= 4 is 17.7 Å². The summed E-state index contributed by atoms with van der Waals surface area (Å²) >= 11 is 2.05. The van der Waals surface area contributed by atoms with Gasteiger partial charge in [0.1, 0.15) is 0 Å². The van der Waals surface area contributed by atoms with Crippen LogP contribution < -0.4 is 5.32 Å². The van der Waals surface area contributed by atoms with Gasteiger partial charge in [-0.15, -0.1) is 0 Å². The van der Waals surface area contributed by atoms with Crippen LogP contribution in [-0.2, 0) is 0 Å². The van der Waals surface area contributed by atoms with Crippen LogP contribution in [0.5, 0.6) is 0 Å². The molecule has 2 heterocycles. The second-order valence-electron chi connectivity index (χ2n) is 3.85. The number of rotatable bonds is 1. The largest absolute Gasteiger partial charge is 0.353 e. The van der Waals surface area contributed by atoms with Crippen LogP contribution in [-0.4, -0.2) is 48.0 Å². The first-order valence-electron chi connectivity index (χ1n) is 4.89. The number of hydrogen-bond donors (Lipinski definition) is 1. The lowest BCUT2D eigenvalue weighted by molar-refractivity contribution is 0.513. The van der Waals surface area contributed by atoms with Crippen molar-refractivity contribution in [3.05, 3.63) is 0 Å². The Morgan fingerprint density at radius 2 is 2.46 bits per heavy atom. The zero-order valence-electron chi connectivity index (χ0n) is 8.29.